The molecule has 0 aliphatic carbocycles. The minimum atomic E-state index is -0.301. The summed E-state index contributed by atoms with van der Waals surface area (Å²) in [7, 11) is 1.98. The highest BCUT2D eigenvalue weighted by atomic mass is 19.1. The van der Waals surface area contributed by atoms with Crippen LogP contribution in [0.15, 0.2) is 18.2 Å². The van der Waals surface area contributed by atoms with Gasteiger partial charge in [-0.15, -0.1) is 0 Å². The predicted molar refractivity (Wildman–Crippen MR) is 66.9 cm³/mol. The lowest BCUT2D eigenvalue weighted by atomic mass is 9.96. The largest absolute Gasteiger partial charge is 0.301 e. The first-order chi connectivity index (χ1) is 7.81. The fourth-order valence-corrected chi connectivity index (χ4v) is 1.90. The molecule has 1 aromatic carbocycles. The van der Waals surface area contributed by atoms with E-state index in [-0.39, 0.29) is 11.2 Å². The van der Waals surface area contributed by atoms with Crippen LogP contribution in [-0.4, -0.2) is 18.5 Å². The highest BCUT2D eigenvalue weighted by Gasteiger charge is 2.14. The van der Waals surface area contributed by atoms with Crippen molar-refractivity contribution in [2.45, 2.75) is 27.3 Å². The molecule has 0 unspecified atom stereocenters. The molecule has 0 saturated heterocycles. The van der Waals surface area contributed by atoms with Gasteiger partial charge in [-0.05, 0) is 24.6 Å². The third-order valence-corrected chi connectivity index (χ3v) is 2.37. The monoisotopic (exact) mass is 234 g/mol. The summed E-state index contributed by atoms with van der Waals surface area (Å²) in [6.07, 6.45) is 0. The minimum Gasteiger partial charge on any atom is -0.301 e. The molecule has 0 bridgehead atoms. The SMILES string of the molecule is CN(Cc1ccc(C#N)cc1F)CC(C)(C)C. The Morgan fingerprint density at radius 2 is 2.00 bits per heavy atom. The topological polar surface area (TPSA) is 27.0 Å². The second kappa shape index (κ2) is 5.29. The van der Waals surface area contributed by atoms with Crippen LogP contribution >= 0.6 is 0 Å². The summed E-state index contributed by atoms with van der Waals surface area (Å²) in [5.41, 5.74) is 1.19. The lowest BCUT2D eigenvalue weighted by molar-refractivity contribution is 0.218. The van der Waals surface area contributed by atoms with E-state index in [1.54, 1.807) is 12.1 Å². The molecule has 0 saturated carbocycles. The molecule has 2 nitrogen and oxygen atoms in total. The van der Waals surface area contributed by atoms with Crippen molar-refractivity contribution >= 4 is 0 Å². The third-order valence-electron chi connectivity index (χ3n) is 2.37. The summed E-state index contributed by atoms with van der Waals surface area (Å²) < 4.78 is 13.7. The molecular weight excluding hydrogens is 215 g/mol. The van der Waals surface area contributed by atoms with Gasteiger partial charge in [-0.1, -0.05) is 26.8 Å². The van der Waals surface area contributed by atoms with E-state index < -0.39 is 0 Å². The van der Waals surface area contributed by atoms with Crippen molar-refractivity contribution in [1.29, 1.82) is 5.26 Å². The van der Waals surface area contributed by atoms with Crippen LogP contribution in [0.3, 0.4) is 0 Å². The van der Waals surface area contributed by atoms with Crippen molar-refractivity contribution in [3.8, 4) is 6.07 Å². The average Bonchev–Trinajstić information content (AvgIpc) is 2.18. The van der Waals surface area contributed by atoms with Crippen LogP contribution in [0.1, 0.15) is 31.9 Å². The zero-order valence-electron chi connectivity index (χ0n) is 10.9. The van der Waals surface area contributed by atoms with Crippen LogP contribution in [0, 0.1) is 22.6 Å². The van der Waals surface area contributed by atoms with E-state index >= 15 is 0 Å². The Kier molecular flexibility index (Phi) is 4.25. The van der Waals surface area contributed by atoms with Crippen molar-refractivity contribution in [2.24, 2.45) is 5.41 Å². The van der Waals surface area contributed by atoms with Gasteiger partial charge in [-0.25, -0.2) is 4.39 Å². The summed E-state index contributed by atoms with van der Waals surface area (Å²) in [5.74, 6) is -0.301. The Balaban J connectivity index is 2.73. The summed E-state index contributed by atoms with van der Waals surface area (Å²) in [5, 5.41) is 8.66. The Hall–Kier alpha value is -1.40. The van der Waals surface area contributed by atoms with Crippen LogP contribution in [0.5, 0.6) is 0 Å². The molecule has 92 valence electrons. The van der Waals surface area contributed by atoms with Crippen LogP contribution < -0.4 is 0 Å². The molecule has 0 spiro atoms. The molecule has 0 fully saturated rings. The molecule has 0 N–H and O–H groups in total. The molecule has 0 heterocycles. The molecule has 17 heavy (non-hydrogen) atoms. The van der Waals surface area contributed by atoms with Crippen molar-refractivity contribution in [2.75, 3.05) is 13.6 Å². The number of halogens is 1. The molecule has 1 aromatic rings. The highest BCUT2D eigenvalue weighted by Crippen LogP contribution is 2.17. The first-order valence-electron chi connectivity index (χ1n) is 5.69. The van der Waals surface area contributed by atoms with E-state index in [4.69, 9.17) is 5.26 Å². The first-order valence-corrected chi connectivity index (χ1v) is 5.69. The Morgan fingerprint density at radius 1 is 1.35 bits per heavy atom. The van der Waals surface area contributed by atoms with Crippen LogP contribution in [0.4, 0.5) is 4.39 Å². The molecular formula is C14H19FN2. The summed E-state index contributed by atoms with van der Waals surface area (Å²) in [6.45, 7) is 7.91. The van der Waals surface area contributed by atoms with Gasteiger partial charge in [0.2, 0.25) is 0 Å². The average molecular weight is 234 g/mol. The quantitative estimate of drug-likeness (QED) is 0.803. The maximum Gasteiger partial charge on any atom is 0.129 e. The van der Waals surface area contributed by atoms with Crippen molar-refractivity contribution < 1.29 is 4.39 Å². The van der Waals surface area contributed by atoms with Gasteiger partial charge in [0.1, 0.15) is 5.82 Å². The fourth-order valence-electron chi connectivity index (χ4n) is 1.90. The Morgan fingerprint density at radius 3 is 2.47 bits per heavy atom. The summed E-state index contributed by atoms with van der Waals surface area (Å²) in [6, 6.07) is 6.57. The maximum atomic E-state index is 13.7. The third kappa shape index (κ3) is 4.54. The van der Waals surface area contributed by atoms with Gasteiger partial charge in [0.25, 0.3) is 0 Å². The minimum absolute atomic E-state index is 0.192. The number of benzene rings is 1. The molecule has 1 rings (SSSR count). The van der Waals surface area contributed by atoms with Gasteiger partial charge in [-0.2, -0.15) is 5.26 Å². The van der Waals surface area contributed by atoms with Gasteiger partial charge in [0.05, 0.1) is 11.6 Å². The van der Waals surface area contributed by atoms with Crippen LogP contribution in [0.2, 0.25) is 0 Å². The maximum absolute atomic E-state index is 13.7. The normalized spacial score (nSPS) is 11.6. The molecule has 3 heteroatoms. The smallest absolute Gasteiger partial charge is 0.129 e. The second-order valence-corrected chi connectivity index (χ2v) is 5.65. The fraction of sp³-hybridized carbons (Fsp3) is 0.500. The first kappa shape index (κ1) is 13.7. The van der Waals surface area contributed by atoms with Gasteiger partial charge in [0.15, 0.2) is 0 Å². The standard InChI is InChI=1S/C14H19FN2/c1-14(2,3)10-17(4)9-12-6-5-11(8-16)7-13(12)15/h5-7H,9-10H2,1-4H3. The molecule has 0 aromatic heterocycles. The molecule has 0 atom stereocenters. The molecule has 0 amide bonds. The zero-order valence-corrected chi connectivity index (χ0v) is 10.9. The van der Waals surface area contributed by atoms with Gasteiger partial charge < -0.3 is 4.90 Å². The van der Waals surface area contributed by atoms with E-state index in [0.29, 0.717) is 17.7 Å². The molecule has 0 radical (unpaired) electrons. The second-order valence-electron chi connectivity index (χ2n) is 5.65. The predicted octanol–water partition coefficient (Wildman–Crippen LogP) is 3.18. The molecule has 0 aliphatic rings. The Labute approximate surface area is 103 Å². The van der Waals surface area contributed by atoms with Crippen molar-refractivity contribution in [1.82, 2.24) is 4.90 Å². The number of nitriles is 1. The van der Waals surface area contributed by atoms with Gasteiger partial charge in [0, 0.05) is 18.7 Å². The van der Waals surface area contributed by atoms with Crippen LogP contribution in [0.25, 0.3) is 0 Å². The summed E-state index contributed by atoms with van der Waals surface area (Å²) >= 11 is 0. The van der Waals surface area contributed by atoms with Crippen molar-refractivity contribution in [3.05, 3.63) is 35.1 Å². The van der Waals surface area contributed by atoms with E-state index in [1.165, 1.54) is 6.07 Å². The number of nitrogens with zero attached hydrogens (tertiary/aromatic N) is 2. The van der Waals surface area contributed by atoms with Crippen LogP contribution in [-0.2, 0) is 6.54 Å². The number of rotatable bonds is 3. The highest BCUT2D eigenvalue weighted by molar-refractivity contribution is 5.32. The van der Waals surface area contributed by atoms with Crippen molar-refractivity contribution in [3.63, 3.8) is 0 Å². The molecule has 0 aliphatic heterocycles. The van der Waals surface area contributed by atoms with E-state index in [1.807, 2.05) is 13.1 Å². The van der Waals surface area contributed by atoms with E-state index in [9.17, 15) is 4.39 Å². The number of hydrogen-bond acceptors (Lipinski definition) is 2. The Bertz CT molecular complexity index is 427. The zero-order chi connectivity index (χ0) is 13.1. The number of hydrogen-bond donors (Lipinski definition) is 0. The summed E-state index contributed by atoms with van der Waals surface area (Å²) in [4.78, 5) is 2.09. The van der Waals surface area contributed by atoms with E-state index in [2.05, 4.69) is 25.7 Å². The van der Waals surface area contributed by atoms with Gasteiger partial charge >= 0.3 is 0 Å². The van der Waals surface area contributed by atoms with E-state index in [0.717, 1.165) is 6.54 Å². The lowest BCUT2D eigenvalue weighted by Crippen LogP contribution is -2.29. The lowest BCUT2D eigenvalue weighted by Gasteiger charge is -2.26. The van der Waals surface area contributed by atoms with Gasteiger partial charge in [-0.3, -0.25) is 0 Å².